The maximum atomic E-state index is 12.5. The van der Waals surface area contributed by atoms with Crippen molar-refractivity contribution in [3.63, 3.8) is 0 Å². The van der Waals surface area contributed by atoms with Crippen LogP contribution in [0.25, 0.3) is 0 Å². The van der Waals surface area contributed by atoms with Crippen LogP contribution in [0.3, 0.4) is 0 Å². The van der Waals surface area contributed by atoms with Crippen LogP contribution >= 0.6 is 0 Å². The lowest BCUT2D eigenvalue weighted by molar-refractivity contribution is -0.137. The summed E-state index contributed by atoms with van der Waals surface area (Å²) in [7, 11) is 0. The normalized spacial score (nSPS) is 27.4. The van der Waals surface area contributed by atoms with E-state index in [1.807, 2.05) is 16.7 Å². The highest BCUT2D eigenvalue weighted by Gasteiger charge is 2.29. The van der Waals surface area contributed by atoms with Crippen molar-refractivity contribution in [1.29, 1.82) is 0 Å². The van der Waals surface area contributed by atoms with Crippen LogP contribution in [0.1, 0.15) is 32.6 Å². The van der Waals surface area contributed by atoms with Gasteiger partial charge in [-0.3, -0.25) is 4.79 Å². The number of hydrogen-bond acceptors (Lipinski definition) is 3. The van der Waals surface area contributed by atoms with Gasteiger partial charge in [-0.05, 0) is 32.1 Å². The molecule has 114 valence electrons. The van der Waals surface area contributed by atoms with E-state index in [9.17, 15) is 9.59 Å². The molecule has 0 aromatic rings. The second kappa shape index (κ2) is 6.92. The number of carbonyl (C=O) groups is 2. The average molecular weight is 284 g/mol. The van der Waals surface area contributed by atoms with Crippen LogP contribution in [0.15, 0.2) is 0 Å². The Bertz CT molecular complexity index is 361. The Labute approximate surface area is 119 Å². The predicted octanol–water partition coefficient (Wildman–Crippen LogP) is 1.40. The van der Waals surface area contributed by atoms with Crippen molar-refractivity contribution in [2.45, 2.75) is 38.7 Å². The highest BCUT2D eigenvalue weighted by atomic mass is 16.5. The molecule has 2 rings (SSSR count). The number of carboxylic acids is 1. The van der Waals surface area contributed by atoms with Gasteiger partial charge in [-0.1, -0.05) is 0 Å². The number of amides is 2. The van der Waals surface area contributed by atoms with Crippen LogP contribution < -0.4 is 0 Å². The number of carboxylic acid groups (broad SMARTS) is 1. The van der Waals surface area contributed by atoms with Crippen molar-refractivity contribution in [3.8, 4) is 0 Å². The number of aliphatic carboxylic acids is 1. The number of morpholine rings is 1. The van der Waals surface area contributed by atoms with Crippen molar-refractivity contribution >= 4 is 12.0 Å². The van der Waals surface area contributed by atoms with E-state index in [1.165, 1.54) is 0 Å². The first-order chi connectivity index (χ1) is 9.56. The zero-order valence-electron chi connectivity index (χ0n) is 12.1. The van der Waals surface area contributed by atoms with E-state index >= 15 is 0 Å². The Hall–Kier alpha value is -1.30. The minimum atomic E-state index is -0.754. The fourth-order valence-electron chi connectivity index (χ4n) is 2.99. The van der Waals surface area contributed by atoms with Crippen LogP contribution in [0.5, 0.6) is 0 Å². The minimum Gasteiger partial charge on any atom is -0.481 e. The second-order valence-electron chi connectivity index (χ2n) is 5.80. The van der Waals surface area contributed by atoms with Crippen LogP contribution in [-0.2, 0) is 9.53 Å². The van der Waals surface area contributed by atoms with E-state index in [2.05, 4.69) is 0 Å². The van der Waals surface area contributed by atoms with Gasteiger partial charge in [0.1, 0.15) is 0 Å². The fourth-order valence-corrected chi connectivity index (χ4v) is 2.99. The van der Waals surface area contributed by atoms with E-state index in [4.69, 9.17) is 9.84 Å². The Morgan fingerprint density at radius 1 is 1.25 bits per heavy atom. The molecular formula is C14H24N2O4. The van der Waals surface area contributed by atoms with Gasteiger partial charge in [-0.25, -0.2) is 4.79 Å². The lowest BCUT2D eigenvalue weighted by Crippen LogP contribution is -2.52. The van der Waals surface area contributed by atoms with E-state index < -0.39 is 5.97 Å². The SMILES string of the molecule is CC1CN(C(=O)N2CCCC(CCC(=O)O)C2)CCO1. The molecule has 0 saturated carbocycles. The average Bonchev–Trinajstić information content (AvgIpc) is 2.44. The van der Waals surface area contributed by atoms with Crippen molar-refractivity contribution in [1.82, 2.24) is 9.80 Å². The van der Waals surface area contributed by atoms with E-state index in [-0.39, 0.29) is 18.6 Å². The quantitative estimate of drug-likeness (QED) is 0.850. The van der Waals surface area contributed by atoms with Crippen molar-refractivity contribution < 1.29 is 19.4 Å². The summed E-state index contributed by atoms with van der Waals surface area (Å²) in [4.78, 5) is 26.8. The van der Waals surface area contributed by atoms with E-state index in [0.717, 1.165) is 19.4 Å². The Kier molecular flexibility index (Phi) is 5.23. The zero-order chi connectivity index (χ0) is 14.5. The van der Waals surface area contributed by atoms with Crippen molar-refractivity contribution in [2.24, 2.45) is 5.92 Å². The number of carbonyl (C=O) groups excluding carboxylic acids is 1. The molecule has 1 N–H and O–H groups in total. The van der Waals surface area contributed by atoms with E-state index in [0.29, 0.717) is 38.6 Å². The summed E-state index contributed by atoms with van der Waals surface area (Å²) in [6.07, 6.45) is 2.95. The largest absolute Gasteiger partial charge is 0.481 e. The van der Waals surface area contributed by atoms with Crippen molar-refractivity contribution in [2.75, 3.05) is 32.8 Å². The summed E-state index contributed by atoms with van der Waals surface area (Å²) < 4.78 is 5.45. The van der Waals surface area contributed by atoms with Gasteiger partial charge in [0.25, 0.3) is 0 Å². The van der Waals surface area contributed by atoms with Crippen LogP contribution in [0.4, 0.5) is 4.79 Å². The fraction of sp³-hybridized carbons (Fsp3) is 0.857. The molecule has 2 aliphatic rings. The number of rotatable bonds is 3. The van der Waals surface area contributed by atoms with Crippen LogP contribution in [0, 0.1) is 5.92 Å². The van der Waals surface area contributed by atoms with Gasteiger partial charge in [0.15, 0.2) is 0 Å². The van der Waals surface area contributed by atoms with Gasteiger partial charge >= 0.3 is 12.0 Å². The van der Waals surface area contributed by atoms with Gasteiger partial charge in [0.05, 0.1) is 12.7 Å². The predicted molar refractivity (Wildman–Crippen MR) is 73.5 cm³/mol. The molecule has 0 aromatic carbocycles. The smallest absolute Gasteiger partial charge is 0.320 e. The van der Waals surface area contributed by atoms with E-state index in [1.54, 1.807) is 0 Å². The molecule has 2 heterocycles. The summed E-state index contributed by atoms with van der Waals surface area (Å²) in [5.74, 6) is -0.433. The summed E-state index contributed by atoms with van der Waals surface area (Å²) >= 11 is 0. The summed E-state index contributed by atoms with van der Waals surface area (Å²) in [6.45, 7) is 5.36. The molecule has 0 spiro atoms. The van der Waals surface area contributed by atoms with Crippen LogP contribution in [-0.4, -0.2) is 65.8 Å². The minimum absolute atomic E-state index is 0.0835. The van der Waals surface area contributed by atoms with Gasteiger partial charge in [0, 0.05) is 32.6 Å². The van der Waals surface area contributed by atoms with Gasteiger partial charge in [-0.2, -0.15) is 0 Å². The third-order valence-corrected chi connectivity index (χ3v) is 4.07. The lowest BCUT2D eigenvalue weighted by atomic mass is 9.93. The second-order valence-corrected chi connectivity index (χ2v) is 5.80. The van der Waals surface area contributed by atoms with Crippen LogP contribution in [0.2, 0.25) is 0 Å². The molecule has 0 aromatic heterocycles. The topological polar surface area (TPSA) is 70.1 Å². The molecule has 2 saturated heterocycles. The monoisotopic (exact) mass is 284 g/mol. The molecule has 20 heavy (non-hydrogen) atoms. The molecule has 0 radical (unpaired) electrons. The first-order valence-corrected chi connectivity index (χ1v) is 7.43. The summed E-state index contributed by atoms with van der Waals surface area (Å²) in [6, 6.07) is 0.0835. The van der Waals surface area contributed by atoms with Crippen molar-refractivity contribution in [3.05, 3.63) is 0 Å². The number of urea groups is 1. The highest BCUT2D eigenvalue weighted by molar-refractivity contribution is 5.74. The molecule has 6 heteroatoms. The maximum absolute atomic E-state index is 12.5. The standard InChI is InChI=1S/C14H24N2O4/c1-11-9-16(7-8-20-11)14(19)15-6-2-3-12(10-15)4-5-13(17)18/h11-12H,2-10H2,1H3,(H,17,18). The third kappa shape index (κ3) is 4.10. The molecule has 0 aliphatic carbocycles. The first-order valence-electron chi connectivity index (χ1n) is 7.43. The Morgan fingerprint density at radius 3 is 2.70 bits per heavy atom. The molecule has 0 bridgehead atoms. The number of likely N-dealkylation sites (tertiary alicyclic amines) is 1. The third-order valence-electron chi connectivity index (χ3n) is 4.07. The number of hydrogen-bond donors (Lipinski definition) is 1. The number of nitrogens with zero attached hydrogens (tertiary/aromatic N) is 2. The van der Waals surface area contributed by atoms with Gasteiger partial charge < -0.3 is 19.6 Å². The lowest BCUT2D eigenvalue weighted by Gasteiger charge is -2.39. The molecule has 2 unspecified atom stereocenters. The number of piperidine rings is 1. The summed E-state index contributed by atoms with van der Waals surface area (Å²) in [5.41, 5.74) is 0. The number of ether oxygens (including phenoxy) is 1. The first kappa shape index (κ1) is 15.1. The highest BCUT2D eigenvalue weighted by Crippen LogP contribution is 2.22. The van der Waals surface area contributed by atoms with Gasteiger partial charge in [0.2, 0.25) is 0 Å². The summed E-state index contributed by atoms with van der Waals surface area (Å²) in [5, 5.41) is 8.75. The maximum Gasteiger partial charge on any atom is 0.320 e. The molecular weight excluding hydrogens is 260 g/mol. The molecule has 2 fully saturated rings. The van der Waals surface area contributed by atoms with Gasteiger partial charge in [-0.15, -0.1) is 0 Å². The Morgan fingerprint density at radius 2 is 2.00 bits per heavy atom. The Balaban J connectivity index is 1.84. The molecule has 2 amide bonds. The molecule has 6 nitrogen and oxygen atoms in total. The molecule has 2 aliphatic heterocycles. The zero-order valence-corrected chi connectivity index (χ0v) is 12.1. The molecule has 2 atom stereocenters.